The molecule has 1 amide bonds. The van der Waals surface area contributed by atoms with Crippen molar-refractivity contribution < 1.29 is 19.1 Å². The van der Waals surface area contributed by atoms with Gasteiger partial charge in [-0.25, -0.2) is 4.79 Å². The third-order valence-corrected chi connectivity index (χ3v) is 2.69. The maximum absolute atomic E-state index is 11.6. The first kappa shape index (κ1) is 18.7. The number of amides is 1. The van der Waals surface area contributed by atoms with Gasteiger partial charge in [0.2, 0.25) is 0 Å². The number of alkyl carbamates (subject to hydrolysis) is 1. The lowest BCUT2D eigenvalue weighted by Crippen LogP contribution is -2.32. The predicted octanol–water partition coefficient (Wildman–Crippen LogP) is 3.68. The van der Waals surface area contributed by atoms with Crippen molar-refractivity contribution in [1.82, 2.24) is 5.32 Å². The Labute approximate surface area is 137 Å². The van der Waals surface area contributed by atoms with Crippen LogP contribution in [0.25, 0.3) is 6.08 Å². The van der Waals surface area contributed by atoms with Crippen LogP contribution in [0.2, 0.25) is 0 Å². The molecule has 1 aromatic carbocycles. The SMILES string of the molecule is CCOC(=O)CC=Cc1cccc(CNC(=O)OC(C)(C)C)c1. The molecule has 0 unspecified atom stereocenters. The highest BCUT2D eigenvalue weighted by atomic mass is 16.6. The van der Waals surface area contributed by atoms with Crippen molar-refractivity contribution in [2.75, 3.05) is 6.61 Å². The Morgan fingerprint density at radius 3 is 2.65 bits per heavy atom. The summed E-state index contributed by atoms with van der Waals surface area (Å²) in [5.41, 5.74) is 1.40. The van der Waals surface area contributed by atoms with E-state index in [4.69, 9.17) is 9.47 Å². The maximum Gasteiger partial charge on any atom is 0.407 e. The molecule has 0 saturated heterocycles. The van der Waals surface area contributed by atoms with Crippen molar-refractivity contribution in [2.45, 2.75) is 46.3 Å². The fourth-order valence-electron chi connectivity index (χ4n) is 1.81. The Morgan fingerprint density at radius 1 is 1.26 bits per heavy atom. The number of hydrogen-bond donors (Lipinski definition) is 1. The first-order valence-electron chi connectivity index (χ1n) is 7.68. The molecule has 126 valence electrons. The highest BCUT2D eigenvalue weighted by Crippen LogP contribution is 2.09. The lowest BCUT2D eigenvalue weighted by Gasteiger charge is -2.19. The molecule has 0 heterocycles. The van der Waals surface area contributed by atoms with Crippen molar-refractivity contribution >= 4 is 18.1 Å². The molecule has 0 aliphatic heterocycles. The van der Waals surface area contributed by atoms with Crippen LogP contribution >= 0.6 is 0 Å². The molecule has 0 aliphatic rings. The lowest BCUT2D eigenvalue weighted by molar-refractivity contribution is -0.142. The molecule has 0 fully saturated rings. The van der Waals surface area contributed by atoms with E-state index in [1.165, 1.54) is 0 Å². The van der Waals surface area contributed by atoms with Gasteiger partial charge in [0.1, 0.15) is 5.60 Å². The lowest BCUT2D eigenvalue weighted by atomic mass is 10.1. The highest BCUT2D eigenvalue weighted by Gasteiger charge is 2.15. The standard InChI is InChI=1S/C18H25NO4/c1-5-22-16(20)11-7-9-14-8-6-10-15(12-14)13-19-17(21)23-18(2,3)4/h6-10,12H,5,11,13H2,1-4H3,(H,19,21). The second kappa shape index (κ2) is 8.98. The number of ether oxygens (including phenoxy) is 2. The van der Waals surface area contributed by atoms with Crippen molar-refractivity contribution in [3.05, 3.63) is 41.5 Å². The van der Waals surface area contributed by atoms with Gasteiger partial charge in [-0.15, -0.1) is 0 Å². The third kappa shape index (κ3) is 8.66. The van der Waals surface area contributed by atoms with Crippen LogP contribution in [0, 0.1) is 0 Å². The summed E-state index contributed by atoms with van der Waals surface area (Å²) in [6, 6.07) is 7.69. The van der Waals surface area contributed by atoms with Gasteiger partial charge in [-0.05, 0) is 44.9 Å². The van der Waals surface area contributed by atoms with E-state index in [2.05, 4.69) is 5.32 Å². The minimum atomic E-state index is -0.512. The second-order valence-corrected chi connectivity index (χ2v) is 6.01. The molecular formula is C18H25NO4. The van der Waals surface area contributed by atoms with Gasteiger partial charge in [0.05, 0.1) is 13.0 Å². The van der Waals surface area contributed by atoms with Crippen LogP contribution in [0.15, 0.2) is 30.3 Å². The topological polar surface area (TPSA) is 64.6 Å². The monoisotopic (exact) mass is 319 g/mol. The first-order chi connectivity index (χ1) is 10.8. The minimum Gasteiger partial charge on any atom is -0.466 e. The smallest absolute Gasteiger partial charge is 0.407 e. The number of benzene rings is 1. The number of carbonyl (C=O) groups excluding carboxylic acids is 2. The van der Waals surface area contributed by atoms with Crippen molar-refractivity contribution in [1.29, 1.82) is 0 Å². The maximum atomic E-state index is 11.6. The van der Waals surface area contributed by atoms with Crippen LogP contribution < -0.4 is 5.32 Å². The molecule has 1 aromatic rings. The van der Waals surface area contributed by atoms with E-state index in [1.54, 1.807) is 13.0 Å². The van der Waals surface area contributed by atoms with E-state index in [0.717, 1.165) is 11.1 Å². The zero-order valence-corrected chi connectivity index (χ0v) is 14.2. The third-order valence-electron chi connectivity index (χ3n) is 2.69. The van der Waals surface area contributed by atoms with E-state index >= 15 is 0 Å². The number of hydrogen-bond acceptors (Lipinski definition) is 4. The summed E-state index contributed by atoms with van der Waals surface area (Å²) in [6.45, 7) is 8.01. The molecule has 0 aliphatic carbocycles. The van der Waals surface area contributed by atoms with Crippen molar-refractivity contribution in [2.24, 2.45) is 0 Å². The summed E-state index contributed by atoms with van der Waals surface area (Å²) in [7, 11) is 0. The van der Waals surface area contributed by atoms with Crippen LogP contribution in [0.1, 0.15) is 45.2 Å². The van der Waals surface area contributed by atoms with E-state index < -0.39 is 11.7 Å². The van der Waals surface area contributed by atoms with Gasteiger partial charge in [-0.2, -0.15) is 0 Å². The fraction of sp³-hybridized carbons (Fsp3) is 0.444. The number of rotatable bonds is 6. The Bertz CT molecular complexity index is 558. The van der Waals surface area contributed by atoms with Gasteiger partial charge in [-0.1, -0.05) is 30.4 Å². The molecule has 0 spiro atoms. The zero-order chi connectivity index (χ0) is 17.3. The largest absolute Gasteiger partial charge is 0.466 e. The Balaban J connectivity index is 2.52. The van der Waals surface area contributed by atoms with Gasteiger partial charge in [0, 0.05) is 6.54 Å². The Morgan fingerprint density at radius 2 is 2.00 bits per heavy atom. The van der Waals surface area contributed by atoms with E-state index in [9.17, 15) is 9.59 Å². The minimum absolute atomic E-state index is 0.244. The number of nitrogens with one attached hydrogen (secondary N) is 1. The quantitative estimate of drug-likeness (QED) is 0.812. The van der Waals surface area contributed by atoms with Gasteiger partial charge in [0.15, 0.2) is 0 Å². The Kier molecular flexibility index (Phi) is 7.32. The molecule has 0 bridgehead atoms. The molecule has 1 rings (SSSR count). The van der Waals surface area contributed by atoms with Gasteiger partial charge < -0.3 is 14.8 Å². The zero-order valence-electron chi connectivity index (χ0n) is 14.2. The second-order valence-electron chi connectivity index (χ2n) is 6.01. The molecule has 0 atom stereocenters. The van der Waals surface area contributed by atoms with E-state index in [0.29, 0.717) is 13.2 Å². The molecule has 0 aromatic heterocycles. The molecule has 23 heavy (non-hydrogen) atoms. The molecule has 0 radical (unpaired) electrons. The van der Waals surface area contributed by atoms with Crippen molar-refractivity contribution in [3.8, 4) is 0 Å². The van der Waals surface area contributed by atoms with Gasteiger partial charge >= 0.3 is 12.1 Å². The Hall–Kier alpha value is -2.30. The molecular weight excluding hydrogens is 294 g/mol. The summed E-state index contributed by atoms with van der Waals surface area (Å²) >= 11 is 0. The molecule has 5 nitrogen and oxygen atoms in total. The first-order valence-corrected chi connectivity index (χ1v) is 7.68. The summed E-state index contributed by atoms with van der Waals surface area (Å²) < 4.78 is 10.0. The van der Waals surface area contributed by atoms with E-state index in [-0.39, 0.29) is 12.4 Å². The van der Waals surface area contributed by atoms with Crippen LogP contribution in [0.3, 0.4) is 0 Å². The summed E-state index contributed by atoms with van der Waals surface area (Å²) in [4.78, 5) is 22.9. The van der Waals surface area contributed by atoms with Crippen LogP contribution in [-0.4, -0.2) is 24.3 Å². The fourth-order valence-corrected chi connectivity index (χ4v) is 1.81. The molecule has 5 heteroatoms. The number of carbonyl (C=O) groups is 2. The van der Waals surface area contributed by atoms with Gasteiger partial charge in [-0.3, -0.25) is 4.79 Å². The van der Waals surface area contributed by atoms with Crippen LogP contribution in [-0.2, 0) is 20.8 Å². The summed E-state index contributed by atoms with van der Waals surface area (Å²) in [5, 5.41) is 2.71. The highest BCUT2D eigenvalue weighted by molar-refractivity contribution is 5.72. The van der Waals surface area contributed by atoms with E-state index in [1.807, 2.05) is 51.1 Å². The van der Waals surface area contributed by atoms with Crippen LogP contribution in [0.5, 0.6) is 0 Å². The summed E-state index contributed by atoms with van der Waals surface area (Å²) in [6.07, 6.45) is 3.42. The normalized spacial score (nSPS) is 11.3. The molecule has 0 saturated carbocycles. The average molecular weight is 319 g/mol. The predicted molar refractivity (Wildman–Crippen MR) is 89.8 cm³/mol. The van der Waals surface area contributed by atoms with Gasteiger partial charge in [0.25, 0.3) is 0 Å². The molecule has 1 N–H and O–H groups in total. The number of esters is 1. The average Bonchev–Trinajstić information content (AvgIpc) is 2.44. The van der Waals surface area contributed by atoms with Crippen LogP contribution in [0.4, 0.5) is 4.79 Å². The van der Waals surface area contributed by atoms with Crippen molar-refractivity contribution in [3.63, 3.8) is 0 Å². The summed E-state index contributed by atoms with van der Waals surface area (Å²) in [5.74, 6) is -0.244.